The number of morpholine rings is 1. The molecule has 3 rings (SSSR count). The average molecular weight is 420 g/mol. The Bertz CT molecular complexity index is 794. The molecule has 158 valence electrons. The molecule has 0 spiro atoms. The molecule has 1 fully saturated rings. The van der Waals surface area contributed by atoms with Crippen molar-refractivity contribution >= 4 is 11.6 Å². The van der Waals surface area contributed by atoms with Gasteiger partial charge in [-0.2, -0.15) is 0 Å². The molecule has 0 unspecified atom stereocenters. The third-order valence-electron chi connectivity index (χ3n) is 5.60. The lowest BCUT2D eigenvalue weighted by Gasteiger charge is -2.43. The summed E-state index contributed by atoms with van der Waals surface area (Å²) in [5, 5.41) is 13.4. The van der Waals surface area contributed by atoms with Gasteiger partial charge in [0.25, 0.3) is 0 Å². The monoisotopic (exact) mass is 419 g/mol. The van der Waals surface area contributed by atoms with Gasteiger partial charge in [-0.15, -0.1) is 0 Å². The van der Waals surface area contributed by atoms with Gasteiger partial charge in [-0.3, -0.25) is 0 Å². The van der Waals surface area contributed by atoms with E-state index in [1.54, 1.807) is 14.2 Å². The third kappa shape index (κ3) is 4.76. The lowest BCUT2D eigenvalue weighted by Crippen LogP contribution is -2.52. The Morgan fingerprint density at radius 2 is 2.03 bits per heavy atom. The SMILES string of the molecule is COc1cccc(-c2c(Cl)cccc2[C@@](CCCCO)(OC)[C@H]2CNCCO2)c1. The van der Waals surface area contributed by atoms with Crippen LogP contribution in [0.1, 0.15) is 24.8 Å². The van der Waals surface area contributed by atoms with Crippen molar-refractivity contribution < 1.29 is 19.3 Å². The summed E-state index contributed by atoms with van der Waals surface area (Å²) in [7, 11) is 3.38. The average Bonchev–Trinajstić information content (AvgIpc) is 2.77. The van der Waals surface area contributed by atoms with Gasteiger partial charge in [-0.25, -0.2) is 0 Å². The van der Waals surface area contributed by atoms with E-state index in [-0.39, 0.29) is 12.7 Å². The lowest BCUT2D eigenvalue weighted by molar-refractivity contribution is -0.149. The molecule has 1 aliphatic rings. The second-order valence-electron chi connectivity index (χ2n) is 7.23. The molecule has 2 aromatic rings. The van der Waals surface area contributed by atoms with Gasteiger partial charge >= 0.3 is 0 Å². The molecule has 0 bridgehead atoms. The fourth-order valence-corrected chi connectivity index (χ4v) is 4.41. The first-order valence-corrected chi connectivity index (χ1v) is 10.5. The highest BCUT2D eigenvalue weighted by Crippen LogP contribution is 2.44. The highest BCUT2D eigenvalue weighted by molar-refractivity contribution is 6.33. The maximum Gasteiger partial charge on any atom is 0.121 e. The summed E-state index contributed by atoms with van der Waals surface area (Å²) in [6.45, 7) is 2.30. The van der Waals surface area contributed by atoms with Crippen LogP contribution >= 0.6 is 11.6 Å². The Hall–Kier alpha value is -1.63. The van der Waals surface area contributed by atoms with Crippen molar-refractivity contribution in [2.24, 2.45) is 0 Å². The molecule has 5 nitrogen and oxygen atoms in total. The first-order chi connectivity index (χ1) is 14.2. The number of aliphatic hydroxyl groups is 1. The molecule has 2 aromatic carbocycles. The predicted molar refractivity (Wildman–Crippen MR) is 116 cm³/mol. The molecule has 1 heterocycles. The van der Waals surface area contributed by atoms with Crippen LogP contribution in [0.3, 0.4) is 0 Å². The zero-order valence-corrected chi connectivity index (χ0v) is 17.9. The van der Waals surface area contributed by atoms with E-state index >= 15 is 0 Å². The molecule has 0 aromatic heterocycles. The number of halogens is 1. The van der Waals surface area contributed by atoms with Crippen molar-refractivity contribution in [1.29, 1.82) is 0 Å². The van der Waals surface area contributed by atoms with Gasteiger partial charge < -0.3 is 24.6 Å². The number of rotatable bonds is 9. The van der Waals surface area contributed by atoms with Gasteiger partial charge in [-0.05, 0) is 48.6 Å². The van der Waals surface area contributed by atoms with Gasteiger partial charge in [-0.1, -0.05) is 35.9 Å². The van der Waals surface area contributed by atoms with Crippen LogP contribution in [0.4, 0.5) is 0 Å². The van der Waals surface area contributed by atoms with E-state index in [2.05, 4.69) is 11.4 Å². The second kappa shape index (κ2) is 10.4. The Labute approximate surface area is 177 Å². The minimum atomic E-state index is -0.689. The van der Waals surface area contributed by atoms with Gasteiger partial charge in [0.05, 0.1) is 13.7 Å². The Morgan fingerprint density at radius 1 is 1.21 bits per heavy atom. The Kier molecular flexibility index (Phi) is 7.92. The quantitative estimate of drug-likeness (QED) is 0.601. The van der Waals surface area contributed by atoms with Gasteiger partial charge in [0.1, 0.15) is 17.5 Å². The Balaban J connectivity index is 2.15. The first kappa shape index (κ1) is 22.1. The molecule has 1 aliphatic heterocycles. The van der Waals surface area contributed by atoms with Crippen LogP contribution in [0.2, 0.25) is 5.02 Å². The summed E-state index contributed by atoms with van der Waals surface area (Å²) < 4.78 is 17.9. The van der Waals surface area contributed by atoms with Crippen LogP contribution in [0, 0.1) is 0 Å². The van der Waals surface area contributed by atoms with E-state index in [1.165, 1.54) is 0 Å². The van der Waals surface area contributed by atoms with E-state index in [0.29, 0.717) is 31.0 Å². The molecule has 29 heavy (non-hydrogen) atoms. The largest absolute Gasteiger partial charge is 0.497 e. The Morgan fingerprint density at radius 3 is 2.72 bits per heavy atom. The molecule has 2 N–H and O–H groups in total. The van der Waals surface area contributed by atoms with Crippen LogP contribution in [0.25, 0.3) is 11.1 Å². The third-order valence-corrected chi connectivity index (χ3v) is 5.91. The maximum atomic E-state index is 9.33. The number of methoxy groups -OCH3 is 2. The predicted octanol–water partition coefficient (Wildman–Crippen LogP) is 4.01. The number of aliphatic hydroxyl groups excluding tert-OH is 1. The number of hydrogen-bond acceptors (Lipinski definition) is 5. The topological polar surface area (TPSA) is 60.0 Å². The number of ether oxygens (including phenoxy) is 3. The van der Waals surface area contributed by atoms with E-state index < -0.39 is 5.60 Å². The molecule has 0 aliphatic carbocycles. The normalized spacial score (nSPS) is 19.0. The van der Waals surface area contributed by atoms with Gasteiger partial charge in [0, 0.05) is 37.4 Å². The van der Waals surface area contributed by atoms with E-state index in [1.807, 2.05) is 36.4 Å². The molecule has 1 saturated heterocycles. The lowest BCUT2D eigenvalue weighted by atomic mass is 9.78. The smallest absolute Gasteiger partial charge is 0.121 e. The summed E-state index contributed by atoms with van der Waals surface area (Å²) in [4.78, 5) is 0. The molecular weight excluding hydrogens is 390 g/mol. The zero-order valence-electron chi connectivity index (χ0n) is 17.1. The molecule has 0 saturated carbocycles. The second-order valence-corrected chi connectivity index (χ2v) is 7.64. The molecule has 0 amide bonds. The fraction of sp³-hybridized carbons (Fsp3) is 0.478. The summed E-state index contributed by atoms with van der Waals surface area (Å²) in [6, 6.07) is 13.8. The molecule has 0 radical (unpaired) electrons. The van der Waals surface area contributed by atoms with Gasteiger partial charge in [0.2, 0.25) is 0 Å². The number of hydrogen-bond donors (Lipinski definition) is 2. The van der Waals surface area contributed by atoms with Crippen LogP contribution in [0.15, 0.2) is 42.5 Å². The fourth-order valence-electron chi connectivity index (χ4n) is 4.13. The number of unbranched alkanes of at least 4 members (excludes halogenated alkanes) is 1. The number of nitrogens with one attached hydrogen (secondary N) is 1. The zero-order chi connectivity index (χ0) is 20.7. The van der Waals surface area contributed by atoms with E-state index in [0.717, 1.165) is 35.4 Å². The van der Waals surface area contributed by atoms with Crippen molar-refractivity contribution in [3.63, 3.8) is 0 Å². The van der Waals surface area contributed by atoms with Gasteiger partial charge in [0.15, 0.2) is 0 Å². The van der Waals surface area contributed by atoms with Crippen molar-refractivity contribution in [1.82, 2.24) is 5.32 Å². The van der Waals surface area contributed by atoms with Crippen LogP contribution in [0.5, 0.6) is 5.75 Å². The molecule has 2 atom stereocenters. The van der Waals surface area contributed by atoms with Crippen molar-refractivity contribution in [3.8, 4) is 16.9 Å². The molecule has 6 heteroatoms. The summed E-state index contributed by atoms with van der Waals surface area (Å²) in [5.74, 6) is 0.771. The highest BCUT2D eigenvalue weighted by Gasteiger charge is 2.44. The minimum Gasteiger partial charge on any atom is -0.497 e. The standard InChI is InChI=1S/C23H30ClNO4/c1-27-18-8-5-7-17(15-18)22-19(9-6-10-20(22)24)23(28-2,11-3-4-13-26)21-16-25-12-14-29-21/h5-10,15,21,25-26H,3-4,11-14,16H2,1-2H3/t21-,23-/m1/s1. The van der Waals surface area contributed by atoms with E-state index in [9.17, 15) is 5.11 Å². The van der Waals surface area contributed by atoms with Crippen molar-refractivity contribution in [2.45, 2.75) is 31.0 Å². The summed E-state index contributed by atoms with van der Waals surface area (Å²) in [5.41, 5.74) is 2.20. The van der Waals surface area contributed by atoms with Crippen molar-refractivity contribution in [2.75, 3.05) is 40.5 Å². The molecular formula is C23H30ClNO4. The van der Waals surface area contributed by atoms with Crippen LogP contribution in [-0.4, -0.2) is 51.7 Å². The minimum absolute atomic E-state index is 0.155. The van der Waals surface area contributed by atoms with Crippen molar-refractivity contribution in [3.05, 3.63) is 53.1 Å². The first-order valence-electron chi connectivity index (χ1n) is 10.1. The summed E-state index contributed by atoms with van der Waals surface area (Å²) in [6.07, 6.45) is 2.07. The van der Waals surface area contributed by atoms with Crippen LogP contribution < -0.4 is 10.1 Å². The summed E-state index contributed by atoms with van der Waals surface area (Å²) >= 11 is 6.73. The maximum absolute atomic E-state index is 9.33. The van der Waals surface area contributed by atoms with Crippen LogP contribution in [-0.2, 0) is 15.1 Å². The highest BCUT2D eigenvalue weighted by atomic mass is 35.5. The number of benzene rings is 2. The van der Waals surface area contributed by atoms with E-state index in [4.69, 9.17) is 25.8 Å².